The van der Waals surface area contributed by atoms with Crippen molar-refractivity contribution in [3.63, 3.8) is 0 Å². The van der Waals surface area contributed by atoms with Crippen LogP contribution in [0.2, 0.25) is 0 Å². The Morgan fingerprint density at radius 1 is 1.12 bits per heavy atom. The molecule has 128 valence electrons. The van der Waals surface area contributed by atoms with Crippen LogP contribution in [-0.4, -0.2) is 26.6 Å². The highest BCUT2D eigenvalue weighted by atomic mass is 16.2. The van der Waals surface area contributed by atoms with Crippen molar-refractivity contribution in [1.29, 1.82) is 0 Å². The minimum atomic E-state index is -0.269. The molecule has 2 heterocycles. The summed E-state index contributed by atoms with van der Waals surface area (Å²) < 4.78 is 1.70. The van der Waals surface area contributed by atoms with Crippen molar-refractivity contribution >= 4 is 34.2 Å². The molecule has 0 saturated heterocycles. The van der Waals surface area contributed by atoms with E-state index in [-0.39, 0.29) is 11.8 Å². The number of rotatable bonds is 3. The first kappa shape index (κ1) is 16.6. The second kappa shape index (κ2) is 6.35. The second-order valence-corrected chi connectivity index (χ2v) is 5.97. The molecule has 0 bridgehead atoms. The van der Waals surface area contributed by atoms with E-state index < -0.39 is 0 Å². The predicted molar refractivity (Wildman–Crippen MR) is 96.7 cm³/mol. The van der Waals surface area contributed by atoms with Crippen LogP contribution in [0, 0.1) is 13.8 Å². The highest BCUT2D eigenvalue weighted by Gasteiger charge is 2.12. The lowest BCUT2D eigenvalue weighted by molar-refractivity contribution is -0.114. The summed E-state index contributed by atoms with van der Waals surface area (Å²) in [7, 11) is 1.83. The summed E-state index contributed by atoms with van der Waals surface area (Å²) in [5.74, 6) is -0.448. The van der Waals surface area contributed by atoms with Crippen LogP contribution < -0.4 is 10.6 Å². The predicted octanol–water partition coefficient (Wildman–Crippen LogP) is 2.80. The first-order valence-electron chi connectivity index (χ1n) is 7.84. The Morgan fingerprint density at radius 2 is 1.88 bits per heavy atom. The summed E-state index contributed by atoms with van der Waals surface area (Å²) in [6, 6.07) is 7.03. The van der Waals surface area contributed by atoms with E-state index in [4.69, 9.17) is 0 Å². The fraction of sp³-hybridized carbons (Fsp3) is 0.222. The van der Waals surface area contributed by atoms with Crippen LogP contribution in [0.1, 0.15) is 28.5 Å². The molecule has 0 atom stereocenters. The van der Waals surface area contributed by atoms with Crippen LogP contribution in [0.4, 0.5) is 11.4 Å². The molecule has 2 aromatic heterocycles. The Morgan fingerprint density at radius 3 is 2.60 bits per heavy atom. The summed E-state index contributed by atoms with van der Waals surface area (Å²) in [5.41, 5.74) is 4.17. The summed E-state index contributed by atoms with van der Waals surface area (Å²) in [4.78, 5) is 28.1. The Balaban J connectivity index is 1.87. The van der Waals surface area contributed by atoms with Crippen LogP contribution in [-0.2, 0) is 11.8 Å². The van der Waals surface area contributed by atoms with Gasteiger partial charge in [0.1, 0.15) is 0 Å². The average Bonchev–Trinajstić information content (AvgIpc) is 2.83. The maximum atomic E-state index is 12.5. The highest BCUT2D eigenvalue weighted by molar-refractivity contribution is 6.06. The van der Waals surface area contributed by atoms with Gasteiger partial charge in [0.2, 0.25) is 5.91 Å². The van der Waals surface area contributed by atoms with E-state index in [0.29, 0.717) is 16.9 Å². The maximum absolute atomic E-state index is 12.5. The first-order valence-corrected chi connectivity index (χ1v) is 7.84. The minimum Gasteiger partial charge on any atom is -0.326 e. The summed E-state index contributed by atoms with van der Waals surface area (Å²) in [6.45, 7) is 5.20. The number of aryl methyl sites for hydroxylation is 3. The zero-order valence-electron chi connectivity index (χ0n) is 14.5. The van der Waals surface area contributed by atoms with Gasteiger partial charge in [0.05, 0.1) is 17.6 Å². The number of carbonyl (C=O) groups is 2. The van der Waals surface area contributed by atoms with Gasteiger partial charge in [-0.25, -0.2) is 4.98 Å². The van der Waals surface area contributed by atoms with E-state index in [1.165, 1.54) is 6.92 Å². The molecular weight excluding hydrogens is 318 g/mol. The number of amides is 2. The fourth-order valence-corrected chi connectivity index (χ4v) is 2.67. The molecule has 2 amide bonds. The SMILES string of the molecule is CC(=O)Nc1cc(C(=O)Nc2cnc3c(c2)c(C)nn3C)ccc1C. The molecule has 25 heavy (non-hydrogen) atoms. The molecule has 0 aliphatic carbocycles. The van der Waals surface area contributed by atoms with E-state index >= 15 is 0 Å². The van der Waals surface area contributed by atoms with Crippen molar-refractivity contribution in [3.8, 4) is 0 Å². The van der Waals surface area contributed by atoms with Crippen molar-refractivity contribution in [3.05, 3.63) is 47.3 Å². The van der Waals surface area contributed by atoms with Crippen LogP contribution in [0.15, 0.2) is 30.5 Å². The Hall–Kier alpha value is -3.22. The molecule has 1 aromatic carbocycles. The third kappa shape index (κ3) is 3.35. The van der Waals surface area contributed by atoms with Gasteiger partial charge in [-0.3, -0.25) is 14.3 Å². The molecule has 0 spiro atoms. The number of nitrogens with zero attached hydrogens (tertiary/aromatic N) is 3. The first-order chi connectivity index (χ1) is 11.8. The summed E-state index contributed by atoms with van der Waals surface area (Å²) in [6.07, 6.45) is 1.60. The van der Waals surface area contributed by atoms with Crippen LogP contribution >= 0.6 is 0 Å². The lowest BCUT2D eigenvalue weighted by Gasteiger charge is -2.10. The molecule has 0 fully saturated rings. The van der Waals surface area contributed by atoms with Crippen LogP contribution in [0.25, 0.3) is 11.0 Å². The Labute approximate surface area is 145 Å². The van der Waals surface area contributed by atoms with Gasteiger partial charge in [0, 0.05) is 30.6 Å². The van der Waals surface area contributed by atoms with Gasteiger partial charge in [-0.1, -0.05) is 6.07 Å². The monoisotopic (exact) mass is 337 g/mol. The number of hydrogen-bond donors (Lipinski definition) is 2. The van der Waals surface area contributed by atoms with Gasteiger partial charge < -0.3 is 10.6 Å². The third-order valence-corrected chi connectivity index (χ3v) is 3.93. The summed E-state index contributed by atoms with van der Waals surface area (Å²) >= 11 is 0. The zero-order valence-corrected chi connectivity index (χ0v) is 14.5. The largest absolute Gasteiger partial charge is 0.326 e. The van der Waals surface area contributed by atoms with Crippen molar-refractivity contribution < 1.29 is 9.59 Å². The number of hydrogen-bond acceptors (Lipinski definition) is 4. The van der Waals surface area contributed by atoms with Crippen molar-refractivity contribution in [1.82, 2.24) is 14.8 Å². The van der Waals surface area contributed by atoms with Crippen LogP contribution in [0.5, 0.6) is 0 Å². The number of pyridine rings is 1. The molecule has 3 rings (SSSR count). The van der Waals surface area contributed by atoms with Gasteiger partial charge in [0.15, 0.2) is 5.65 Å². The third-order valence-electron chi connectivity index (χ3n) is 3.93. The van der Waals surface area contributed by atoms with Crippen molar-refractivity contribution in [2.75, 3.05) is 10.6 Å². The standard InChI is InChI=1S/C18H19N5O2/c1-10-5-6-13(7-16(10)20-12(3)24)18(25)21-14-8-15-11(2)22-23(4)17(15)19-9-14/h5-9H,1-4H3,(H,20,24)(H,21,25). The smallest absolute Gasteiger partial charge is 0.255 e. The highest BCUT2D eigenvalue weighted by Crippen LogP contribution is 2.21. The molecule has 0 unspecified atom stereocenters. The molecule has 0 aliphatic rings. The second-order valence-electron chi connectivity index (χ2n) is 5.97. The molecule has 3 aromatic rings. The fourth-order valence-electron chi connectivity index (χ4n) is 2.67. The molecule has 7 nitrogen and oxygen atoms in total. The lowest BCUT2D eigenvalue weighted by Crippen LogP contribution is -2.14. The number of nitrogens with one attached hydrogen (secondary N) is 2. The quantitative estimate of drug-likeness (QED) is 0.769. The van der Waals surface area contributed by atoms with E-state index in [0.717, 1.165) is 22.3 Å². The van der Waals surface area contributed by atoms with E-state index in [1.807, 2.05) is 27.0 Å². The van der Waals surface area contributed by atoms with Gasteiger partial charge in [-0.2, -0.15) is 5.10 Å². The van der Waals surface area contributed by atoms with Crippen molar-refractivity contribution in [2.45, 2.75) is 20.8 Å². The average molecular weight is 337 g/mol. The molecule has 0 saturated carbocycles. The maximum Gasteiger partial charge on any atom is 0.255 e. The molecular formula is C18H19N5O2. The normalized spacial score (nSPS) is 10.7. The van der Waals surface area contributed by atoms with E-state index in [1.54, 1.807) is 29.1 Å². The molecule has 0 aliphatic heterocycles. The van der Waals surface area contributed by atoms with Gasteiger partial charge in [-0.05, 0) is 37.6 Å². The minimum absolute atomic E-state index is 0.178. The number of benzene rings is 1. The van der Waals surface area contributed by atoms with E-state index in [2.05, 4.69) is 20.7 Å². The number of carbonyl (C=O) groups excluding carboxylic acids is 2. The molecule has 0 radical (unpaired) electrons. The van der Waals surface area contributed by atoms with Gasteiger partial charge in [-0.15, -0.1) is 0 Å². The molecule has 2 N–H and O–H groups in total. The number of anilines is 2. The lowest BCUT2D eigenvalue weighted by atomic mass is 10.1. The zero-order chi connectivity index (χ0) is 18.1. The van der Waals surface area contributed by atoms with Crippen LogP contribution in [0.3, 0.4) is 0 Å². The topological polar surface area (TPSA) is 88.9 Å². The Kier molecular flexibility index (Phi) is 4.22. The number of aromatic nitrogens is 3. The Bertz CT molecular complexity index is 991. The van der Waals surface area contributed by atoms with E-state index in [9.17, 15) is 9.59 Å². The van der Waals surface area contributed by atoms with Gasteiger partial charge in [0.25, 0.3) is 5.91 Å². The molecule has 7 heteroatoms. The summed E-state index contributed by atoms with van der Waals surface area (Å²) in [5, 5.41) is 10.8. The number of fused-ring (bicyclic) bond motifs is 1. The van der Waals surface area contributed by atoms with Gasteiger partial charge >= 0.3 is 0 Å². The van der Waals surface area contributed by atoms with Crippen molar-refractivity contribution in [2.24, 2.45) is 7.05 Å².